The van der Waals surface area contributed by atoms with E-state index in [0.717, 1.165) is 0 Å². The lowest BCUT2D eigenvalue weighted by atomic mass is 10.4. The number of aromatic nitrogens is 4. The third kappa shape index (κ3) is 8.38. The zero-order valence-electron chi connectivity index (χ0n) is 19.8. The lowest BCUT2D eigenvalue weighted by molar-refractivity contribution is -0.145. The fourth-order valence-electron chi connectivity index (χ4n) is 2.49. The summed E-state index contributed by atoms with van der Waals surface area (Å²) in [7, 11) is -4.40. The lowest BCUT2D eigenvalue weighted by Crippen LogP contribution is -2.37. The predicted molar refractivity (Wildman–Crippen MR) is 122 cm³/mol. The first-order chi connectivity index (χ1) is 16.6. The topological polar surface area (TPSA) is 211 Å². The van der Waals surface area contributed by atoms with Gasteiger partial charge in [-0.3, -0.25) is 9.78 Å². The quantitative estimate of drug-likeness (QED) is 0.137. The molecule has 0 amide bonds. The Kier molecular flexibility index (Phi) is 10.8. The second kappa shape index (κ2) is 13.3. The number of nitrogens with one attached hydrogen (secondary N) is 3. The second-order valence-corrected chi connectivity index (χ2v) is 8.92. The van der Waals surface area contributed by atoms with Gasteiger partial charge in [0.25, 0.3) is 5.56 Å². The summed E-state index contributed by atoms with van der Waals surface area (Å²) >= 11 is 0. The Balaban J connectivity index is 2.05. The Morgan fingerprint density at radius 3 is 2.26 bits per heavy atom. The standard InChI is InChI=1S/C18H30N7O9P/c1-5-31-23-11(3)16(27)33-35(29,34-17(28)12(4)24-32-6-2)10-30-8-7-25-9-20-13-14(25)21-18(19)22-15(13)26/h9,11-12,23-24H,5-8,10H2,1-4H3,(H3,19,21,22,26)/t11-,12-/m0/s1. The number of hydrogen-bond acceptors (Lipinski definition) is 14. The number of nitrogens with zero attached hydrogens (tertiary/aromatic N) is 3. The molecule has 17 heteroatoms. The number of nitrogens with two attached hydrogens (primary N) is 1. The molecule has 35 heavy (non-hydrogen) atoms. The van der Waals surface area contributed by atoms with Crippen molar-refractivity contribution in [3.63, 3.8) is 0 Å². The van der Waals surface area contributed by atoms with Crippen molar-refractivity contribution in [1.29, 1.82) is 0 Å². The third-order valence-electron chi connectivity index (χ3n) is 4.19. The van der Waals surface area contributed by atoms with E-state index in [4.69, 9.17) is 29.2 Å². The van der Waals surface area contributed by atoms with E-state index in [1.165, 1.54) is 24.7 Å². The van der Waals surface area contributed by atoms with Gasteiger partial charge < -0.3 is 33.8 Å². The molecule has 0 radical (unpaired) electrons. The van der Waals surface area contributed by atoms with Crippen LogP contribution in [0.2, 0.25) is 0 Å². The van der Waals surface area contributed by atoms with Gasteiger partial charge in [-0.2, -0.15) is 15.9 Å². The molecule has 2 heterocycles. The SMILES string of the molecule is CCON[C@@H](C)C(=O)OP(=O)(COCCn1cnc2c(=O)[nH]c(N)nc21)OC(=O)[C@H](C)NOCC. The molecule has 0 aliphatic rings. The van der Waals surface area contributed by atoms with Crippen molar-refractivity contribution < 1.29 is 37.6 Å². The monoisotopic (exact) mass is 519 g/mol. The Bertz CT molecular complexity index is 1070. The fraction of sp³-hybridized carbons (Fsp3) is 0.611. The highest BCUT2D eigenvalue weighted by molar-refractivity contribution is 7.54. The van der Waals surface area contributed by atoms with Crippen LogP contribution in [-0.2, 0) is 44.2 Å². The Hall–Kier alpha value is -2.88. The highest BCUT2D eigenvalue weighted by atomic mass is 31.2. The van der Waals surface area contributed by atoms with E-state index in [1.54, 1.807) is 13.8 Å². The molecule has 0 saturated heterocycles. The predicted octanol–water partition coefficient (Wildman–Crippen LogP) is -0.185. The van der Waals surface area contributed by atoms with Crippen LogP contribution >= 0.6 is 7.60 Å². The molecule has 0 unspecified atom stereocenters. The normalized spacial score (nSPS) is 13.5. The van der Waals surface area contributed by atoms with E-state index in [9.17, 15) is 18.9 Å². The number of carbonyl (C=O) groups excluding carboxylic acids is 2. The summed E-state index contributed by atoms with van der Waals surface area (Å²) in [5, 5.41) is 0. The first-order valence-corrected chi connectivity index (χ1v) is 12.4. The smallest absolute Gasteiger partial charge is 0.380 e. The molecule has 196 valence electrons. The minimum absolute atomic E-state index is 0.0827. The molecule has 0 aliphatic carbocycles. The summed E-state index contributed by atoms with van der Waals surface area (Å²) in [5.41, 5.74) is 10.2. The Morgan fingerprint density at radius 1 is 1.14 bits per heavy atom. The summed E-state index contributed by atoms with van der Waals surface area (Å²) in [4.78, 5) is 56.7. The maximum absolute atomic E-state index is 13.2. The van der Waals surface area contributed by atoms with Gasteiger partial charge in [0, 0.05) is 6.54 Å². The molecule has 2 rings (SSSR count). The van der Waals surface area contributed by atoms with Crippen molar-refractivity contribution in [3.05, 3.63) is 16.7 Å². The van der Waals surface area contributed by atoms with Crippen LogP contribution < -0.4 is 22.3 Å². The summed E-state index contributed by atoms with van der Waals surface area (Å²) in [6, 6.07) is -2.01. The molecule has 0 aromatic carbocycles. The molecule has 0 bridgehead atoms. The van der Waals surface area contributed by atoms with E-state index in [1.807, 2.05) is 0 Å². The molecular weight excluding hydrogens is 489 g/mol. The van der Waals surface area contributed by atoms with Crippen LogP contribution in [-0.4, -0.2) is 69.7 Å². The third-order valence-corrected chi connectivity index (χ3v) is 5.61. The number of rotatable bonds is 15. The van der Waals surface area contributed by atoms with Crippen LogP contribution in [0.25, 0.3) is 11.2 Å². The Labute approximate surface area is 200 Å². The van der Waals surface area contributed by atoms with E-state index in [-0.39, 0.29) is 43.5 Å². The molecule has 5 N–H and O–H groups in total. The average molecular weight is 519 g/mol. The molecule has 2 atom stereocenters. The van der Waals surface area contributed by atoms with Crippen molar-refractivity contribution in [2.24, 2.45) is 0 Å². The number of aromatic amines is 1. The first-order valence-electron chi connectivity index (χ1n) is 10.7. The molecule has 16 nitrogen and oxygen atoms in total. The van der Waals surface area contributed by atoms with Gasteiger partial charge in [0.05, 0.1) is 26.1 Å². The molecule has 0 saturated carbocycles. The largest absolute Gasteiger partial charge is 0.460 e. The molecular formula is C18H30N7O9P. The van der Waals surface area contributed by atoms with Gasteiger partial charge in [-0.15, -0.1) is 0 Å². The van der Waals surface area contributed by atoms with Crippen LogP contribution in [0.5, 0.6) is 0 Å². The van der Waals surface area contributed by atoms with Gasteiger partial charge >= 0.3 is 19.5 Å². The molecule has 0 fully saturated rings. The summed E-state index contributed by atoms with van der Waals surface area (Å²) in [6.07, 6.45) is 0.632. The lowest BCUT2D eigenvalue weighted by Gasteiger charge is -2.21. The van der Waals surface area contributed by atoms with Gasteiger partial charge in [-0.1, -0.05) is 0 Å². The van der Waals surface area contributed by atoms with E-state index in [0.29, 0.717) is 0 Å². The second-order valence-electron chi connectivity index (χ2n) is 7.08. The first kappa shape index (κ1) is 28.4. The number of nitrogen functional groups attached to an aromatic ring is 1. The van der Waals surface area contributed by atoms with E-state index >= 15 is 0 Å². The number of H-pyrrole nitrogens is 1. The minimum Gasteiger partial charge on any atom is -0.380 e. The number of anilines is 1. The summed E-state index contributed by atoms with van der Waals surface area (Å²) < 4.78 is 30.1. The number of fused-ring (bicyclic) bond motifs is 1. The van der Waals surface area contributed by atoms with Crippen LogP contribution in [0.1, 0.15) is 27.7 Å². The van der Waals surface area contributed by atoms with Crippen LogP contribution in [0.3, 0.4) is 0 Å². The van der Waals surface area contributed by atoms with Crippen molar-refractivity contribution in [2.45, 2.75) is 46.3 Å². The average Bonchev–Trinajstić information content (AvgIpc) is 3.21. The Morgan fingerprint density at radius 2 is 1.71 bits per heavy atom. The zero-order valence-corrected chi connectivity index (χ0v) is 20.7. The maximum Gasteiger partial charge on any atom is 0.460 e. The molecule has 2 aromatic rings. The number of hydroxylamine groups is 2. The fourth-order valence-corrected chi connectivity index (χ4v) is 3.85. The van der Waals surface area contributed by atoms with Crippen molar-refractivity contribution >= 4 is 36.6 Å². The number of hydrogen-bond donors (Lipinski definition) is 4. The van der Waals surface area contributed by atoms with Gasteiger partial charge in [0.15, 0.2) is 17.5 Å². The van der Waals surface area contributed by atoms with Gasteiger partial charge in [0.1, 0.15) is 12.1 Å². The number of ether oxygens (including phenoxy) is 1. The van der Waals surface area contributed by atoms with Crippen LogP contribution in [0, 0.1) is 0 Å². The van der Waals surface area contributed by atoms with E-state index < -0.39 is 43.5 Å². The molecule has 0 spiro atoms. The van der Waals surface area contributed by atoms with Crippen molar-refractivity contribution in [1.82, 2.24) is 30.5 Å². The zero-order chi connectivity index (χ0) is 26.0. The number of carbonyl (C=O) groups is 2. The molecule has 2 aromatic heterocycles. The highest BCUT2D eigenvalue weighted by Gasteiger charge is 2.36. The van der Waals surface area contributed by atoms with E-state index in [2.05, 4.69) is 25.9 Å². The van der Waals surface area contributed by atoms with Gasteiger partial charge in [-0.05, 0) is 27.7 Å². The van der Waals surface area contributed by atoms with Crippen molar-refractivity contribution in [2.75, 3.05) is 31.9 Å². The highest BCUT2D eigenvalue weighted by Crippen LogP contribution is 2.49. The minimum atomic E-state index is -4.40. The van der Waals surface area contributed by atoms with Gasteiger partial charge in [0.2, 0.25) is 5.95 Å². The maximum atomic E-state index is 13.2. The number of imidazole rings is 1. The van der Waals surface area contributed by atoms with Crippen molar-refractivity contribution in [3.8, 4) is 0 Å². The van der Waals surface area contributed by atoms with Crippen LogP contribution in [0.4, 0.5) is 5.95 Å². The van der Waals surface area contributed by atoms with Gasteiger partial charge in [-0.25, -0.2) is 19.1 Å². The molecule has 0 aliphatic heterocycles. The van der Waals surface area contributed by atoms with Crippen LogP contribution in [0.15, 0.2) is 11.1 Å². The summed E-state index contributed by atoms with van der Waals surface area (Å²) in [5.74, 6) is -2.05. The summed E-state index contributed by atoms with van der Waals surface area (Å²) in [6.45, 7) is 6.79.